The van der Waals surface area contributed by atoms with E-state index in [0.29, 0.717) is 11.5 Å². The zero-order valence-electron chi connectivity index (χ0n) is 11.2. The van der Waals surface area contributed by atoms with E-state index < -0.39 is 0 Å². The van der Waals surface area contributed by atoms with Crippen LogP contribution in [0.2, 0.25) is 0 Å². The molecule has 1 aromatic carbocycles. The number of ether oxygens (including phenoxy) is 1. The summed E-state index contributed by atoms with van der Waals surface area (Å²) in [7, 11) is 1.43. The Hall–Kier alpha value is -1.35. The fourth-order valence-electron chi connectivity index (χ4n) is 2.69. The third kappa shape index (κ3) is 2.72. The summed E-state index contributed by atoms with van der Waals surface area (Å²) in [6.45, 7) is 4.32. The van der Waals surface area contributed by atoms with Crippen LogP contribution in [-0.2, 0) is 11.2 Å². The van der Waals surface area contributed by atoms with Gasteiger partial charge in [-0.25, -0.2) is 4.79 Å². The molecule has 1 aliphatic rings. The van der Waals surface area contributed by atoms with Gasteiger partial charge in [-0.15, -0.1) is 0 Å². The second kappa shape index (κ2) is 6.01. The fraction of sp³-hybridized carbons (Fsp3) is 0.533. The maximum absolute atomic E-state index is 11.5. The summed E-state index contributed by atoms with van der Waals surface area (Å²) < 4.78 is 4.77. The molecule has 1 aromatic rings. The van der Waals surface area contributed by atoms with Gasteiger partial charge in [0.1, 0.15) is 0 Å². The number of hydrogen-bond donors (Lipinski definition) is 1. The average Bonchev–Trinajstić information content (AvgIpc) is 2.46. The Morgan fingerprint density at radius 3 is 2.72 bits per heavy atom. The summed E-state index contributed by atoms with van der Waals surface area (Å²) in [6, 6.07) is 5.99. The Morgan fingerprint density at radius 1 is 1.39 bits per heavy atom. The van der Waals surface area contributed by atoms with E-state index in [9.17, 15) is 4.79 Å². The number of rotatable bonds is 3. The van der Waals surface area contributed by atoms with Gasteiger partial charge in [-0.3, -0.25) is 0 Å². The third-order valence-corrected chi connectivity index (χ3v) is 3.72. The van der Waals surface area contributed by atoms with Gasteiger partial charge in [-0.1, -0.05) is 13.0 Å². The Kier molecular flexibility index (Phi) is 4.37. The van der Waals surface area contributed by atoms with Crippen LogP contribution in [0.4, 0.5) is 0 Å². The van der Waals surface area contributed by atoms with Gasteiger partial charge < -0.3 is 10.1 Å². The molecule has 3 nitrogen and oxygen atoms in total. The largest absolute Gasteiger partial charge is 0.465 e. The Labute approximate surface area is 109 Å². The zero-order chi connectivity index (χ0) is 13.0. The zero-order valence-corrected chi connectivity index (χ0v) is 11.2. The summed E-state index contributed by atoms with van der Waals surface area (Å²) in [6.07, 6.45) is 3.33. The number of esters is 1. The van der Waals surface area contributed by atoms with E-state index >= 15 is 0 Å². The highest BCUT2D eigenvalue weighted by Gasteiger charge is 2.18. The molecule has 2 rings (SSSR count). The predicted molar refractivity (Wildman–Crippen MR) is 72.0 cm³/mol. The van der Waals surface area contributed by atoms with Crippen LogP contribution < -0.4 is 5.32 Å². The minimum Gasteiger partial charge on any atom is -0.465 e. The maximum atomic E-state index is 11.5. The summed E-state index contributed by atoms with van der Waals surface area (Å²) >= 11 is 0. The van der Waals surface area contributed by atoms with Crippen LogP contribution in [0.1, 0.15) is 47.2 Å². The lowest BCUT2D eigenvalue weighted by Crippen LogP contribution is -2.27. The molecule has 0 aromatic heterocycles. The number of nitrogens with one attached hydrogen (secondary N) is 1. The second-order valence-corrected chi connectivity index (χ2v) is 4.78. The van der Waals surface area contributed by atoms with Gasteiger partial charge in [-0.2, -0.15) is 0 Å². The van der Waals surface area contributed by atoms with E-state index in [0.717, 1.165) is 19.5 Å². The second-order valence-electron chi connectivity index (χ2n) is 4.78. The van der Waals surface area contributed by atoms with Crippen LogP contribution in [0, 0.1) is 0 Å². The van der Waals surface area contributed by atoms with Crippen molar-refractivity contribution in [3.63, 3.8) is 0 Å². The van der Waals surface area contributed by atoms with E-state index in [1.807, 2.05) is 12.1 Å². The molecule has 3 heteroatoms. The minimum atomic E-state index is -0.249. The van der Waals surface area contributed by atoms with Crippen molar-refractivity contribution in [1.29, 1.82) is 0 Å². The molecular formula is C15H21NO2. The number of methoxy groups -OCH3 is 1. The van der Waals surface area contributed by atoms with E-state index in [4.69, 9.17) is 4.74 Å². The van der Waals surface area contributed by atoms with Crippen molar-refractivity contribution in [2.45, 2.75) is 32.1 Å². The molecule has 0 saturated carbocycles. The number of carbonyl (C=O) groups is 1. The smallest absolute Gasteiger partial charge is 0.337 e. The number of aryl methyl sites for hydroxylation is 1. The highest BCUT2D eigenvalue weighted by atomic mass is 16.5. The van der Waals surface area contributed by atoms with Crippen LogP contribution in [0.15, 0.2) is 18.2 Å². The quantitative estimate of drug-likeness (QED) is 0.834. The lowest BCUT2D eigenvalue weighted by atomic mass is 9.85. The predicted octanol–water partition coefficient (Wildman–Crippen LogP) is 2.50. The first-order valence-electron chi connectivity index (χ1n) is 6.68. The highest BCUT2D eigenvalue weighted by molar-refractivity contribution is 5.89. The number of hydrogen-bond acceptors (Lipinski definition) is 3. The monoisotopic (exact) mass is 247 g/mol. The Balaban J connectivity index is 2.27. The Morgan fingerprint density at radius 2 is 2.11 bits per heavy atom. The maximum Gasteiger partial charge on any atom is 0.337 e. The van der Waals surface area contributed by atoms with Crippen molar-refractivity contribution < 1.29 is 9.53 Å². The molecule has 0 radical (unpaired) electrons. The van der Waals surface area contributed by atoms with Crippen LogP contribution in [0.5, 0.6) is 0 Å². The highest BCUT2D eigenvalue weighted by Crippen LogP contribution is 2.29. The molecule has 0 amide bonds. The number of benzene rings is 1. The molecule has 1 N–H and O–H groups in total. The van der Waals surface area contributed by atoms with Crippen molar-refractivity contribution in [1.82, 2.24) is 5.32 Å². The number of piperidine rings is 1. The van der Waals surface area contributed by atoms with Gasteiger partial charge in [0.25, 0.3) is 0 Å². The lowest BCUT2D eigenvalue weighted by molar-refractivity contribution is 0.0600. The van der Waals surface area contributed by atoms with Gasteiger partial charge in [0.15, 0.2) is 0 Å². The van der Waals surface area contributed by atoms with Crippen molar-refractivity contribution in [3.05, 3.63) is 34.9 Å². The lowest BCUT2D eigenvalue weighted by Gasteiger charge is -2.25. The summed E-state index contributed by atoms with van der Waals surface area (Å²) in [5, 5.41) is 3.39. The summed E-state index contributed by atoms with van der Waals surface area (Å²) in [4.78, 5) is 11.5. The van der Waals surface area contributed by atoms with Crippen LogP contribution in [0.3, 0.4) is 0 Å². The van der Waals surface area contributed by atoms with Crippen molar-refractivity contribution in [2.24, 2.45) is 0 Å². The third-order valence-electron chi connectivity index (χ3n) is 3.72. The Bertz CT molecular complexity index is 423. The van der Waals surface area contributed by atoms with Crippen molar-refractivity contribution in [2.75, 3.05) is 20.2 Å². The fourth-order valence-corrected chi connectivity index (χ4v) is 2.69. The molecular weight excluding hydrogens is 226 g/mol. The molecule has 1 aliphatic heterocycles. The van der Waals surface area contributed by atoms with Gasteiger partial charge in [-0.05, 0) is 61.5 Å². The normalized spacial score (nSPS) is 16.6. The van der Waals surface area contributed by atoms with E-state index in [2.05, 4.69) is 18.3 Å². The van der Waals surface area contributed by atoms with Crippen LogP contribution in [0.25, 0.3) is 0 Å². The van der Waals surface area contributed by atoms with E-state index in [1.165, 1.54) is 31.1 Å². The average molecular weight is 247 g/mol. The van der Waals surface area contributed by atoms with E-state index in [-0.39, 0.29) is 5.97 Å². The van der Waals surface area contributed by atoms with Crippen LogP contribution in [-0.4, -0.2) is 26.2 Å². The molecule has 0 atom stereocenters. The SMILES string of the molecule is CCc1cc(C(=O)OC)ccc1C1CCNCC1. The standard InChI is InChI=1S/C15H21NO2/c1-3-11-10-13(15(17)18-2)4-5-14(11)12-6-8-16-9-7-12/h4-5,10,12,16H,3,6-9H2,1-2H3. The first kappa shape index (κ1) is 13.1. The van der Waals surface area contributed by atoms with Crippen LogP contribution >= 0.6 is 0 Å². The van der Waals surface area contributed by atoms with Gasteiger partial charge >= 0.3 is 5.97 Å². The molecule has 0 spiro atoms. The molecule has 1 heterocycles. The molecule has 0 aliphatic carbocycles. The first-order chi connectivity index (χ1) is 8.76. The molecule has 1 saturated heterocycles. The van der Waals surface area contributed by atoms with Gasteiger partial charge in [0.05, 0.1) is 12.7 Å². The van der Waals surface area contributed by atoms with Crippen molar-refractivity contribution >= 4 is 5.97 Å². The minimum absolute atomic E-state index is 0.249. The first-order valence-corrected chi connectivity index (χ1v) is 6.68. The molecule has 0 bridgehead atoms. The molecule has 1 fully saturated rings. The van der Waals surface area contributed by atoms with E-state index in [1.54, 1.807) is 0 Å². The molecule has 98 valence electrons. The number of carbonyl (C=O) groups excluding carboxylic acids is 1. The topological polar surface area (TPSA) is 38.3 Å². The molecule has 0 unspecified atom stereocenters. The van der Waals surface area contributed by atoms with Gasteiger partial charge in [0.2, 0.25) is 0 Å². The molecule has 18 heavy (non-hydrogen) atoms. The van der Waals surface area contributed by atoms with Crippen molar-refractivity contribution in [3.8, 4) is 0 Å². The summed E-state index contributed by atoms with van der Waals surface area (Å²) in [5.41, 5.74) is 3.35. The summed E-state index contributed by atoms with van der Waals surface area (Å²) in [5.74, 6) is 0.384. The van der Waals surface area contributed by atoms with Gasteiger partial charge in [0, 0.05) is 0 Å².